The predicted octanol–water partition coefficient (Wildman–Crippen LogP) is 7.57. The van der Waals surface area contributed by atoms with Gasteiger partial charge in [0.2, 0.25) is 11.5 Å². The number of benzene rings is 3. The molecular formula is C18H8Cl3N2O8PS. The van der Waals surface area contributed by atoms with E-state index in [9.17, 15) is 24.8 Å². The average Bonchev–Trinajstić information content (AvgIpc) is 2.72. The molecule has 170 valence electrons. The molecule has 3 aromatic carbocycles. The number of para-hydroxylation sites is 1. The zero-order chi connectivity index (χ0) is 23.9. The van der Waals surface area contributed by atoms with Crippen LogP contribution in [0, 0.1) is 20.2 Å². The molecule has 0 bridgehead atoms. The van der Waals surface area contributed by atoms with Crippen molar-refractivity contribution in [3.63, 3.8) is 0 Å². The van der Waals surface area contributed by atoms with Gasteiger partial charge in [0.25, 0.3) is 0 Å². The molecule has 1 heterocycles. The number of fused-ring (bicyclic) bond motifs is 2. The van der Waals surface area contributed by atoms with Crippen LogP contribution < -0.4 is 13.6 Å². The van der Waals surface area contributed by atoms with Crippen LogP contribution in [0.2, 0.25) is 15.1 Å². The standard InChI is InChI=1S/C18H8Cl3N2O8PS/c19-9-5-12(22(24)25)17-15(7-9)33-16-8-10(20)6-13(23(26)27)18(16)31-32(28,30-17)29-14-4-2-1-3-11(14)21/h1-8H. The number of phosphoric acid groups is 1. The van der Waals surface area contributed by atoms with Crippen LogP contribution >= 0.6 is 54.4 Å². The van der Waals surface area contributed by atoms with Crippen molar-refractivity contribution in [2.24, 2.45) is 0 Å². The molecule has 0 fully saturated rings. The zero-order valence-electron chi connectivity index (χ0n) is 15.8. The van der Waals surface area contributed by atoms with E-state index in [4.69, 9.17) is 48.4 Å². The quantitative estimate of drug-likeness (QED) is 0.183. The zero-order valence-corrected chi connectivity index (χ0v) is 19.7. The molecule has 10 nitrogen and oxygen atoms in total. The molecule has 0 amide bonds. The summed E-state index contributed by atoms with van der Waals surface area (Å²) < 4.78 is 30.0. The van der Waals surface area contributed by atoms with Gasteiger partial charge in [-0.1, -0.05) is 58.7 Å². The van der Waals surface area contributed by atoms with Crippen molar-refractivity contribution in [1.82, 2.24) is 0 Å². The summed E-state index contributed by atoms with van der Waals surface area (Å²) in [4.78, 5) is 21.7. The summed E-state index contributed by atoms with van der Waals surface area (Å²) in [5.41, 5.74) is -1.26. The van der Waals surface area contributed by atoms with E-state index in [2.05, 4.69) is 0 Å². The summed E-state index contributed by atoms with van der Waals surface area (Å²) in [6.07, 6.45) is 0. The van der Waals surface area contributed by atoms with Gasteiger partial charge >= 0.3 is 19.2 Å². The van der Waals surface area contributed by atoms with Crippen LogP contribution in [0.15, 0.2) is 58.3 Å². The van der Waals surface area contributed by atoms with Gasteiger partial charge in [0.05, 0.1) is 24.7 Å². The Bertz CT molecular complexity index is 1300. The molecule has 0 saturated heterocycles. The van der Waals surface area contributed by atoms with Gasteiger partial charge in [-0.15, -0.1) is 0 Å². The highest BCUT2D eigenvalue weighted by molar-refractivity contribution is 7.99. The van der Waals surface area contributed by atoms with Crippen LogP contribution in [-0.2, 0) is 4.57 Å². The molecule has 0 aliphatic carbocycles. The molecular weight excluding hydrogens is 542 g/mol. The van der Waals surface area contributed by atoms with E-state index in [1.54, 1.807) is 6.07 Å². The highest BCUT2D eigenvalue weighted by atomic mass is 35.5. The summed E-state index contributed by atoms with van der Waals surface area (Å²) in [5.74, 6) is -1.09. The second-order valence-electron chi connectivity index (χ2n) is 6.27. The normalized spacial score (nSPS) is 13.9. The van der Waals surface area contributed by atoms with Crippen molar-refractivity contribution in [3.05, 3.63) is 83.8 Å². The molecule has 0 aromatic heterocycles. The van der Waals surface area contributed by atoms with Crippen LogP contribution in [0.1, 0.15) is 0 Å². The van der Waals surface area contributed by atoms with Gasteiger partial charge in [-0.3, -0.25) is 20.2 Å². The summed E-state index contributed by atoms with van der Waals surface area (Å²) in [5, 5.41) is 23.3. The van der Waals surface area contributed by atoms with Crippen LogP contribution in [0.3, 0.4) is 0 Å². The predicted molar refractivity (Wildman–Crippen MR) is 121 cm³/mol. The second-order valence-corrected chi connectivity index (χ2v) is 10.1. The lowest BCUT2D eigenvalue weighted by Crippen LogP contribution is -2.12. The van der Waals surface area contributed by atoms with Crippen LogP contribution in [-0.4, -0.2) is 9.85 Å². The van der Waals surface area contributed by atoms with Crippen LogP contribution in [0.4, 0.5) is 11.4 Å². The maximum atomic E-state index is 13.7. The number of hydrogen-bond donors (Lipinski definition) is 0. The Morgan fingerprint density at radius 3 is 1.79 bits per heavy atom. The topological polar surface area (TPSA) is 131 Å². The van der Waals surface area contributed by atoms with Crippen molar-refractivity contribution in [2.45, 2.75) is 9.79 Å². The summed E-state index contributed by atoms with van der Waals surface area (Å²) in [6.45, 7) is 0. The van der Waals surface area contributed by atoms with E-state index in [0.29, 0.717) is 0 Å². The molecule has 0 unspecified atom stereocenters. The second kappa shape index (κ2) is 8.92. The third kappa shape index (κ3) is 4.83. The number of rotatable bonds is 4. The molecule has 0 spiro atoms. The van der Waals surface area contributed by atoms with Crippen molar-refractivity contribution < 1.29 is 28.0 Å². The Morgan fingerprint density at radius 2 is 1.33 bits per heavy atom. The van der Waals surface area contributed by atoms with Crippen molar-refractivity contribution in [2.75, 3.05) is 0 Å². The van der Waals surface area contributed by atoms with Gasteiger partial charge in [0.1, 0.15) is 0 Å². The Balaban J connectivity index is 1.99. The fraction of sp³-hybridized carbons (Fsp3) is 0. The number of nitrogens with zero attached hydrogens (tertiary/aromatic N) is 2. The smallest absolute Gasteiger partial charge is 0.384 e. The monoisotopic (exact) mass is 548 g/mol. The van der Waals surface area contributed by atoms with Crippen LogP contribution in [0.5, 0.6) is 17.2 Å². The fourth-order valence-corrected chi connectivity index (χ4v) is 6.09. The number of hydrogen-bond acceptors (Lipinski definition) is 9. The minimum absolute atomic E-state index is 0.0213. The summed E-state index contributed by atoms with van der Waals surface area (Å²) >= 11 is 18.9. The van der Waals surface area contributed by atoms with E-state index >= 15 is 0 Å². The van der Waals surface area contributed by atoms with E-state index in [1.807, 2.05) is 0 Å². The minimum Gasteiger partial charge on any atom is -0.384 e. The lowest BCUT2D eigenvalue weighted by Gasteiger charge is -2.24. The molecule has 0 atom stereocenters. The molecule has 0 N–H and O–H groups in total. The molecule has 1 aliphatic rings. The van der Waals surface area contributed by atoms with Gasteiger partial charge in [0.15, 0.2) is 5.75 Å². The maximum absolute atomic E-state index is 13.7. The Kier molecular flexibility index (Phi) is 6.35. The first kappa shape index (κ1) is 23.5. The SMILES string of the molecule is O=[N+]([O-])c1cc(Cl)cc2c1OP(=O)(Oc1ccccc1Cl)Oc1c(cc(Cl)cc1[N+](=O)[O-])S2. The lowest BCUT2D eigenvalue weighted by molar-refractivity contribution is -0.386. The summed E-state index contributed by atoms with van der Waals surface area (Å²) in [7, 11) is -4.85. The number of phosphoric ester groups is 1. The van der Waals surface area contributed by atoms with Gasteiger partial charge in [-0.2, -0.15) is 4.57 Å². The molecule has 0 radical (unpaired) electrons. The Hall–Kier alpha value is -2.69. The fourth-order valence-electron chi connectivity index (χ4n) is 2.75. The van der Waals surface area contributed by atoms with E-state index < -0.39 is 40.5 Å². The number of nitro groups is 2. The van der Waals surface area contributed by atoms with E-state index in [1.165, 1.54) is 30.3 Å². The third-order valence-corrected chi connectivity index (χ3v) is 7.09. The molecule has 1 aliphatic heterocycles. The van der Waals surface area contributed by atoms with Gasteiger partial charge in [0, 0.05) is 22.2 Å². The van der Waals surface area contributed by atoms with Crippen molar-refractivity contribution in [3.8, 4) is 17.2 Å². The first-order chi connectivity index (χ1) is 15.6. The molecule has 4 rings (SSSR count). The van der Waals surface area contributed by atoms with Crippen molar-refractivity contribution >= 4 is 65.8 Å². The first-order valence-corrected chi connectivity index (χ1v) is 12.0. The third-order valence-electron chi connectivity index (χ3n) is 4.07. The van der Waals surface area contributed by atoms with Crippen molar-refractivity contribution in [1.29, 1.82) is 0 Å². The van der Waals surface area contributed by atoms with E-state index in [0.717, 1.165) is 23.9 Å². The van der Waals surface area contributed by atoms with Gasteiger partial charge < -0.3 is 13.6 Å². The average molecular weight is 550 g/mol. The Labute approximate surface area is 204 Å². The van der Waals surface area contributed by atoms with Gasteiger partial charge in [-0.25, -0.2) is 0 Å². The van der Waals surface area contributed by atoms with Crippen LogP contribution in [0.25, 0.3) is 0 Å². The number of nitro benzene ring substituents is 2. The lowest BCUT2D eigenvalue weighted by atomic mass is 10.3. The highest BCUT2D eigenvalue weighted by Gasteiger charge is 2.43. The minimum atomic E-state index is -4.85. The first-order valence-electron chi connectivity index (χ1n) is 8.63. The maximum Gasteiger partial charge on any atom is 0.647 e. The highest BCUT2D eigenvalue weighted by Crippen LogP contribution is 2.61. The molecule has 0 saturated carbocycles. The Morgan fingerprint density at radius 1 is 0.848 bits per heavy atom. The summed E-state index contributed by atoms with van der Waals surface area (Å²) in [6, 6.07) is 10.4. The molecule has 3 aromatic rings. The number of halogens is 3. The van der Waals surface area contributed by atoms with E-state index in [-0.39, 0.29) is 30.6 Å². The molecule has 15 heteroatoms. The largest absolute Gasteiger partial charge is 0.647 e. The van der Waals surface area contributed by atoms with Gasteiger partial charge in [-0.05, 0) is 24.3 Å². The molecule has 33 heavy (non-hydrogen) atoms.